The number of hydrogen-bond donors (Lipinski definition) is 0. The fourth-order valence-corrected chi connectivity index (χ4v) is 7.03. The summed E-state index contributed by atoms with van der Waals surface area (Å²) in [5.74, 6) is 6.86. The van der Waals surface area contributed by atoms with Crippen LogP contribution in [0.4, 0.5) is 0 Å². The second-order valence-corrected chi connectivity index (χ2v) is 10.0. The first kappa shape index (κ1) is 20.4. The molecule has 3 aliphatic carbocycles. The Morgan fingerprint density at radius 2 is 1.27 bits per heavy atom. The van der Waals surface area contributed by atoms with Gasteiger partial charge in [0.15, 0.2) is 0 Å². The highest BCUT2D eigenvalue weighted by Crippen LogP contribution is 2.50. The van der Waals surface area contributed by atoms with Gasteiger partial charge in [-0.1, -0.05) is 32.8 Å². The molecule has 0 amide bonds. The van der Waals surface area contributed by atoms with Gasteiger partial charge in [-0.2, -0.15) is 0 Å². The van der Waals surface area contributed by atoms with E-state index >= 15 is 0 Å². The zero-order valence-corrected chi connectivity index (χ0v) is 17.8. The predicted octanol–water partition coefficient (Wildman–Crippen LogP) is 7.26. The van der Waals surface area contributed by atoms with Gasteiger partial charge in [0.05, 0.1) is 6.10 Å². The Labute approximate surface area is 163 Å². The van der Waals surface area contributed by atoms with Crippen molar-refractivity contribution in [1.82, 2.24) is 0 Å². The molecular weight excluding hydrogens is 316 g/mol. The van der Waals surface area contributed by atoms with Gasteiger partial charge in [-0.3, -0.25) is 0 Å². The molecule has 4 atom stereocenters. The van der Waals surface area contributed by atoms with E-state index in [1.165, 1.54) is 77.0 Å². The molecule has 3 fully saturated rings. The third-order valence-electron chi connectivity index (χ3n) is 8.95. The Morgan fingerprint density at radius 1 is 0.769 bits per heavy atom. The summed E-state index contributed by atoms with van der Waals surface area (Å²) in [5, 5.41) is 0. The van der Waals surface area contributed by atoms with Gasteiger partial charge < -0.3 is 4.74 Å². The molecule has 0 bridgehead atoms. The van der Waals surface area contributed by atoms with Crippen molar-refractivity contribution in [3.63, 3.8) is 0 Å². The van der Waals surface area contributed by atoms with Crippen LogP contribution in [0.2, 0.25) is 0 Å². The summed E-state index contributed by atoms with van der Waals surface area (Å²) >= 11 is 0. The lowest BCUT2D eigenvalue weighted by Crippen LogP contribution is -2.40. The van der Waals surface area contributed by atoms with Gasteiger partial charge in [0.2, 0.25) is 0 Å². The molecule has 0 spiro atoms. The molecule has 1 nitrogen and oxygen atoms in total. The van der Waals surface area contributed by atoms with Crippen LogP contribution in [-0.4, -0.2) is 13.2 Å². The molecule has 3 saturated carbocycles. The maximum absolute atomic E-state index is 5.60. The number of allylic oxidation sites excluding steroid dienone is 1. The molecule has 0 N–H and O–H groups in total. The van der Waals surface area contributed by atoms with Crippen LogP contribution in [0, 0.1) is 41.4 Å². The van der Waals surface area contributed by atoms with Gasteiger partial charge in [-0.15, -0.1) is 6.58 Å². The van der Waals surface area contributed by atoms with E-state index in [1.54, 1.807) is 0 Å². The van der Waals surface area contributed by atoms with Crippen molar-refractivity contribution in [2.24, 2.45) is 41.4 Å². The highest BCUT2D eigenvalue weighted by Gasteiger charge is 2.42. The fraction of sp³-hybridized carbons (Fsp3) is 0.920. The second-order valence-electron chi connectivity index (χ2n) is 10.0. The van der Waals surface area contributed by atoms with Crippen LogP contribution in [-0.2, 0) is 4.74 Å². The minimum Gasteiger partial charge on any atom is -0.381 e. The summed E-state index contributed by atoms with van der Waals surface area (Å²) in [6.07, 6.45) is 19.7. The summed E-state index contributed by atoms with van der Waals surface area (Å²) in [5.41, 5.74) is 0. The van der Waals surface area contributed by atoms with E-state index in [-0.39, 0.29) is 0 Å². The van der Waals surface area contributed by atoms with Crippen molar-refractivity contribution < 1.29 is 4.74 Å². The van der Waals surface area contributed by atoms with Crippen molar-refractivity contribution in [1.29, 1.82) is 0 Å². The van der Waals surface area contributed by atoms with E-state index < -0.39 is 0 Å². The van der Waals surface area contributed by atoms with E-state index in [0.717, 1.165) is 41.4 Å². The average molecular weight is 361 g/mol. The number of hydrogen-bond acceptors (Lipinski definition) is 1. The first-order valence-electron chi connectivity index (χ1n) is 11.8. The summed E-state index contributed by atoms with van der Waals surface area (Å²) in [4.78, 5) is 0. The van der Waals surface area contributed by atoms with Crippen LogP contribution in [0.15, 0.2) is 12.7 Å². The molecule has 4 unspecified atom stereocenters. The lowest BCUT2D eigenvalue weighted by atomic mass is 9.57. The minimum atomic E-state index is 0.548. The molecule has 0 aromatic rings. The van der Waals surface area contributed by atoms with Crippen molar-refractivity contribution in [2.45, 2.75) is 97.0 Å². The Balaban J connectivity index is 1.49. The molecule has 0 radical (unpaired) electrons. The molecule has 26 heavy (non-hydrogen) atoms. The predicted molar refractivity (Wildman–Crippen MR) is 112 cm³/mol. The second kappa shape index (κ2) is 9.76. The quantitative estimate of drug-likeness (QED) is 0.453. The Kier molecular flexibility index (Phi) is 7.67. The first-order valence-corrected chi connectivity index (χ1v) is 11.8. The molecule has 0 aromatic carbocycles. The fourth-order valence-electron chi connectivity index (χ4n) is 7.03. The molecule has 0 aliphatic heterocycles. The SMILES string of the molecule is C=CCCC1CCC(C2CCC(C3CCC(OC)CC3)C(C)C2C)CC1. The maximum Gasteiger partial charge on any atom is 0.0571 e. The molecule has 150 valence electrons. The summed E-state index contributed by atoms with van der Waals surface area (Å²) in [6.45, 7) is 9.10. The molecule has 0 aromatic heterocycles. The first-order chi connectivity index (χ1) is 12.6. The monoisotopic (exact) mass is 360 g/mol. The van der Waals surface area contributed by atoms with Gasteiger partial charge in [0.25, 0.3) is 0 Å². The number of rotatable bonds is 6. The smallest absolute Gasteiger partial charge is 0.0571 e. The molecule has 3 aliphatic rings. The van der Waals surface area contributed by atoms with E-state index in [9.17, 15) is 0 Å². The van der Waals surface area contributed by atoms with Gasteiger partial charge in [0, 0.05) is 7.11 Å². The highest BCUT2D eigenvalue weighted by atomic mass is 16.5. The zero-order chi connectivity index (χ0) is 18.5. The van der Waals surface area contributed by atoms with Crippen LogP contribution in [0.3, 0.4) is 0 Å². The summed E-state index contributed by atoms with van der Waals surface area (Å²) in [7, 11) is 1.90. The van der Waals surface area contributed by atoms with Crippen molar-refractivity contribution in [3.05, 3.63) is 12.7 Å². The summed E-state index contributed by atoms with van der Waals surface area (Å²) in [6, 6.07) is 0. The molecule has 0 saturated heterocycles. The van der Waals surface area contributed by atoms with E-state index in [4.69, 9.17) is 4.74 Å². The van der Waals surface area contributed by atoms with Crippen LogP contribution in [0.5, 0.6) is 0 Å². The van der Waals surface area contributed by atoms with E-state index in [1.807, 2.05) is 7.11 Å². The van der Waals surface area contributed by atoms with Gasteiger partial charge in [0.1, 0.15) is 0 Å². The van der Waals surface area contributed by atoms with Crippen molar-refractivity contribution in [3.8, 4) is 0 Å². The third kappa shape index (κ3) is 4.75. The van der Waals surface area contributed by atoms with E-state index in [0.29, 0.717) is 6.10 Å². The van der Waals surface area contributed by atoms with Gasteiger partial charge >= 0.3 is 0 Å². The molecular formula is C25H44O. The van der Waals surface area contributed by atoms with Crippen LogP contribution >= 0.6 is 0 Å². The maximum atomic E-state index is 5.60. The van der Waals surface area contributed by atoms with Gasteiger partial charge in [-0.25, -0.2) is 0 Å². The largest absolute Gasteiger partial charge is 0.381 e. The third-order valence-corrected chi connectivity index (χ3v) is 8.95. The summed E-state index contributed by atoms with van der Waals surface area (Å²) < 4.78 is 5.60. The minimum absolute atomic E-state index is 0.548. The van der Waals surface area contributed by atoms with E-state index in [2.05, 4.69) is 26.5 Å². The molecule has 3 rings (SSSR count). The highest BCUT2D eigenvalue weighted by molar-refractivity contribution is 4.92. The number of ether oxygens (including phenoxy) is 1. The average Bonchev–Trinajstić information content (AvgIpc) is 2.69. The molecule has 1 heteroatoms. The van der Waals surface area contributed by atoms with Gasteiger partial charge in [-0.05, 0) is 106 Å². The van der Waals surface area contributed by atoms with Crippen molar-refractivity contribution >= 4 is 0 Å². The van der Waals surface area contributed by atoms with Crippen LogP contribution in [0.25, 0.3) is 0 Å². The standard InChI is InChI=1S/C25H44O/c1-5-6-7-20-8-10-21(11-9-20)24-16-17-25(19(3)18(24)2)22-12-14-23(26-4)15-13-22/h5,18-25H,1,6-17H2,2-4H3. The topological polar surface area (TPSA) is 9.23 Å². The Morgan fingerprint density at radius 3 is 1.73 bits per heavy atom. The Hall–Kier alpha value is -0.300. The number of methoxy groups -OCH3 is 1. The van der Waals surface area contributed by atoms with Crippen molar-refractivity contribution in [2.75, 3.05) is 7.11 Å². The lowest BCUT2D eigenvalue weighted by Gasteiger charge is -2.48. The molecule has 0 heterocycles. The Bertz CT molecular complexity index is 414. The van der Waals surface area contributed by atoms with Crippen LogP contribution < -0.4 is 0 Å². The normalized spacial score (nSPS) is 44.6. The van der Waals surface area contributed by atoms with Crippen LogP contribution in [0.1, 0.15) is 90.9 Å². The lowest BCUT2D eigenvalue weighted by molar-refractivity contribution is -0.00365. The zero-order valence-electron chi connectivity index (χ0n) is 17.8.